The van der Waals surface area contributed by atoms with Crippen LogP contribution in [0.5, 0.6) is 0 Å². The summed E-state index contributed by atoms with van der Waals surface area (Å²) in [5, 5.41) is 2.70. The lowest BCUT2D eigenvalue weighted by atomic mass is 10.2. The van der Waals surface area contributed by atoms with Crippen molar-refractivity contribution in [3.63, 3.8) is 0 Å². The van der Waals surface area contributed by atoms with Crippen LogP contribution in [-0.4, -0.2) is 70.7 Å². The van der Waals surface area contributed by atoms with Crippen LogP contribution in [0.15, 0.2) is 52.3 Å². The van der Waals surface area contributed by atoms with Gasteiger partial charge in [-0.2, -0.15) is 8.61 Å². The van der Waals surface area contributed by atoms with Crippen LogP contribution in [0.1, 0.15) is 35.2 Å². The van der Waals surface area contributed by atoms with Gasteiger partial charge >= 0.3 is 0 Å². The van der Waals surface area contributed by atoms with Gasteiger partial charge in [0.1, 0.15) is 0 Å². The van der Waals surface area contributed by atoms with E-state index in [0.29, 0.717) is 37.6 Å². The third kappa shape index (κ3) is 5.18. The normalized spacial score (nSPS) is 18.5. The summed E-state index contributed by atoms with van der Waals surface area (Å²) in [6.07, 6.45) is 2.65. The zero-order valence-electron chi connectivity index (χ0n) is 19.1. The number of piperidine rings is 1. The molecule has 1 amide bonds. The van der Waals surface area contributed by atoms with Crippen molar-refractivity contribution in [1.82, 2.24) is 8.61 Å². The minimum absolute atomic E-state index is 0.0709. The highest BCUT2D eigenvalue weighted by atomic mass is 32.2. The van der Waals surface area contributed by atoms with Crippen molar-refractivity contribution in [1.29, 1.82) is 0 Å². The fourth-order valence-electron chi connectivity index (χ4n) is 4.14. The minimum Gasteiger partial charge on any atom is -0.379 e. The molecule has 0 atom stereocenters. The highest BCUT2D eigenvalue weighted by Crippen LogP contribution is 2.26. The molecule has 0 radical (unpaired) electrons. The van der Waals surface area contributed by atoms with Crippen molar-refractivity contribution >= 4 is 31.6 Å². The summed E-state index contributed by atoms with van der Waals surface area (Å²) < 4.78 is 60.2. The van der Waals surface area contributed by atoms with Crippen LogP contribution < -0.4 is 5.32 Å². The highest BCUT2D eigenvalue weighted by molar-refractivity contribution is 7.89. The molecule has 0 spiro atoms. The molecule has 2 aliphatic rings. The number of benzene rings is 2. The summed E-state index contributed by atoms with van der Waals surface area (Å²) >= 11 is 0. The lowest BCUT2D eigenvalue weighted by Crippen LogP contribution is -2.40. The summed E-state index contributed by atoms with van der Waals surface area (Å²) in [4.78, 5) is 13.1. The number of carbonyl (C=O) groups excluding carboxylic acids is 1. The number of morpholine rings is 1. The van der Waals surface area contributed by atoms with E-state index in [9.17, 15) is 21.6 Å². The first kappa shape index (κ1) is 24.8. The van der Waals surface area contributed by atoms with Crippen LogP contribution in [0.4, 0.5) is 5.69 Å². The SMILES string of the molecule is Cc1ccc(NC(=O)c2cccc(S(=O)(=O)N3CCCCC3)c2)cc1S(=O)(=O)N1CCOCC1. The molecule has 1 N–H and O–H groups in total. The molecule has 34 heavy (non-hydrogen) atoms. The van der Waals surface area contributed by atoms with E-state index in [1.54, 1.807) is 19.1 Å². The first-order valence-corrected chi connectivity index (χ1v) is 14.2. The molecule has 2 aromatic carbocycles. The van der Waals surface area contributed by atoms with Crippen LogP contribution in [0.3, 0.4) is 0 Å². The number of ether oxygens (including phenoxy) is 1. The van der Waals surface area contributed by atoms with Gasteiger partial charge in [0.2, 0.25) is 20.0 Å². The molecule has 2 saturated heterocycles. The summed E-state index contributed by atoms with van der Waals surface area (Å²) in [5.74, 6) is -0.519. The Morgan fingerprint density at radius 2 is 1.53 bits per heavy atom. The second-order valence-electron chi connectivity index (χ2n) is 8.44. The Labute approximate surface area is 200 Å². The van der Waals surface area contributed by atoms with Gasteiger partial charge in [0.25, 0.3) is 5.91 Å². The van der Waals surface area contributed by atoms with Crippen molar-refractivity contribution in [2.45, 2.75) is 36.0 Å². The zero-order valence-corrected chi connectivity index (χ0v) is 20.7. The molecule has 4 rings (SSSR count). The number of hydrogen-bond donors (Lipinski definition) is 1. The van der Waals surface area contributed by atoms with E-state index in [1.165, 1.54) is 38.9 Å². The molecule has 0 bridgehead atoms. The predicted octanol–water partition coefficient (Wildman–Crippen LogP) is 2.44. The maximum Gasteiger partial charge on any atom is 0.255 e. The molecular formula is C23H29N3O6S2. The second kappa shape index (κ2) is 10.1. The number of rotatable bonds is 6. The highest BCUT2D eigenvalue weighted by Gasteiger charge is 2.29. The molecule has 2 aliphatic heterocycles. The molecule has 11 heteroatoms. The number of amides is 1. The first-order chi connectivity index (χ1) is 16.2. The Bertz CT molecular complexity index is 1270. The average molecular weight is 508 g/mol. The fourth-order valence-corrected chi connectivity index (χ4v) is 7.36. The van der Waals surface area contributed by atoms with Gasteiger partial charge in [-0.25, -0.2) is 16.8 Å². The van der Waals surface area contributed by atoms with Crippen LogP contribution >= 0.6 is 0 Å². The number of hydrogen-bond acceptors (Lipinski definition) is 6. The van der Waals surface area contributed by atoms with Crippen LogP contribution in [0.2, 0.25) is 0 Å². The van der Waals surface area contributed by atoms with E-state index in [-0.39, 0.29) is 28.4 Å². The smallest absolute Gasteiger partial charge is 0.255 e. The Balaban J connectivity index is 1.55. The summed E-state index contributed by atoms with van der Waals surface area (Å²) in [5.41, 5.74) is 1.06. The molecular weight excluding hydrogens is 478 g/mol. The number of sulfonamides is 2. The lowest BCUT2D eigenvalue weighted by Gasteiger charge is -2.27. The van der Waals surface area contributed by atoms with E-state index in [0.717, 1.165) is 19.3 Å². The fraction of sp³-hybridized carbons (Fsp3) is 0.435. The number of carbonyl (C=O) groups is 1. The Morgan fingerprint density at radius 1 is 0.853 bits per heavy atom. The monoisotopic (exact) mass is 507 g/mol. The quantitative estimate of drug-likeness (QED) is 0.643. The van der Waals surface area contributed by atoms with E-state index < -0.39 is 26.0 Å². The van der Waals surface area contributed by atoms with Crippen LogP contribution in [-0.2, 0) is 24.8 Å². The Hall–Kier alpha value is -2.31. The molecule has 2 aromatic rings. The molecule has 9 nitrogen and oxygen atoms in total. The van der Waals surface area contributed by atoms with Gasteiger partial charge in [0, 0.05) is 37.4 Å². The number of anilines is 1. The van der Waals surface area contributed by atoms with Gasteiger partial charge in [0.15, 0.2) is 0 Å². The number of aryl methyl sites for hydroxylation is 1. The van der Waals surface area contributed by atoms with Crippen molar-refractivity contribution in [2.75, 3.05) is 44.7 Å². The van der Waals surface area contributed by atoms with E-state index in [1.807, 2.05) is 0 Å². The zero-order chi connectivity index (χ0) is 24.3. The molecule has 0 saturated carbocycles. The number of nitrogens with one attached hydrogen (secondary N) is 1. The molecule has 2 fully saturated rings. The van der Waals surface area contributed by atoms with E-state index in [4.69, 9.17) is 4.74 Å². The van der Waals surface area contributed by atoms with Crippen molar-refractivity contribution in [3.05, 3.63) is 53.6 Å². The van der Waals surface area contributed by atoms with Gasteiger partial charge in [-0.3, -0.25) is 4.79 Å². The third-order valence-corrected chi connectivity index (χ3v) is 10.0. The summed E-state index contributed by atoms with van der Waals surface area (Å²) in [6, 6.07) is 10.6. The Morgan fingerprint density at radius 3 is 2.24 bits per heavy atom. The van der Waals surface area contributed by atoms with E-state index >= 15 is 0 Å². The van der Waals surface area contributed by atoms with Gasteiger partial charge in [-0.15, -0.1) is 0 Å². The second-order valence-corrected chi connectivity index (χ2v) is 12.3. The standard InChI is InChI=1S/C23H29N3O6S2/c1-18-8-9-20(17-22(18)34(30,31)26-12-14-32-15-13-26)24-23(27)19-6-5-7-21(16-19)33(28,29)25-10-3-2-4-11-25/h5-9,16-17H,2-4,10-15H2,1H3,(H,24,27). The topological polar surface area (TPSA) is 113 Å². The average Bonchev–Trinajstić information content (AvgIpc) is 2.86. The maximum atomic E-state index is 13.1. The maximum absolute atomic E-state index is 13.1. The predicted molar refractivity (Wildman–Crippen MR) is 128 cm³/mol. The summed E-state index contributed by atoms with van der Waals surface area (Å²) in [7, 11) is -7.41. The van der Waals surface area contributed by atoms with Gasteiger partial charge in [0.05, 0.1) is 23.0 Å². The minimum atomic E-state index is -3.74. The number of nitrogens with zero attached hydrogens (tertiary/aromatic N) is 2. The summed E-state index contributed by atoms with van der Waals surface area (Å²) in [6.45, 7) is 3.88. The van der Waals surface area contributed by atoms with Gasteiger partial charge in [-0.1, -0.05) is 18.6 Å². The largest absolute Gasteiger partial charge is 0.379 e. The van der Waals surface area contributed by atoms with Crippen LogP contribution in [0.25, 0.3) is 0 Å². The molecule has 0 unspecified atom stereocenters. The van der Waals surface area contributed by atoms with Gasteiger partial charge < -0.3 is 10.1 Å². The first-order valence-electron chi connectivity index (χ1n) is 11.3. The Kier molecular flexibility index (Phi) is 7.39. The lowest BCUT2D eigenvalue weighted by molar-refractivity contribution is 0.0730. The third-order valence-electron chi connectivity index (χ3n) is 6.08. The van der Waals surface area contributed by atoms with E-state index in [2.05, 4.69) is 5.32 Å². The van der Waals surface area contributed by atoms with Gasteiger partial charge in [-0.05, 0) is 55.7 Å². The molecule has 0 aliphatic carbocycles. The van der Waals surface area contributed by atoms with Crippen molar-refractivity contribution in [3.8, 4) is 0 Å². The molecule has 2 heterocycles. The molecule has 0 aromatic heterocycles. The van der Waals surface area contributed by atoms with Crippen molar-refractivity contribution < 1.29 is 26.4 Å². The molecule has 184 valence electrons. The van der Waals surface area contributed by atoms with Crippen LogP contribution in [0, 0.1) is 6.92 Å². The van der Waals surface area contributed by atoms with Crippen molar-refractivity contribution in [2.24, 2.45) is 0 Å².